The van der Waals surface area contributed by atoms with E-state index in [9.17, 15) is 23.1 Å². The first-order valence-corrected chi connectivity index (χ1v) is 7.16. The summed E-state index contributed by atoms with van der Waals surface area (Å²) in [6.45, 7) is -0.122. The van der Waals surface area contributed by atoms with Crippen LogP contribution in [0.1, 0.15) is 44.9 Å². The minimum absolute atomic E-state index is 0.0609. The van der Waals surface area contributed by atoms with Gasteiger partial charge in [0.2, 0.25) is 0 Å². The first kappa shape index (κ1) is 15.4. The fourth-order valence-corrected chi connectivity index (χ4v) is 2.88. The summed E-state index contributed by atoms with van der Waals surface area (Å²) < 4.78 is 38.0. The van der Waals surface area contributed by atoms with E-state index in [-0.39, 0.29) is 25.2 Å². The van der Waals surface area contributed by atoms with Crippen LogP contribution in [0.2, 0.25) is 0 Å². The lowest BCUT2D eigenvalue weighted by Gasteiger charge is -2.39. The third-order valence-electron chi connectivity index (χ3n) is 4.34. The van der Waals surface area contributed by atoms with E-state index in [2.05, 4.69) is 5.32 Å². The molecule has 1 aliphatic heterocycles. The molecule has 1 saturated carbocycles. The number of carbonyl (C=O) groups is 1. The summed E-state index contributed by atoms with van der Waals surface area (Å²) in [5, 5.41) is 12.4. The van der Waals surface area contributed by atoms with E-state index < -0.39 is 24.6 Å². The van der Waals surface area contributed by atoms with Crippen molar-refractivity contribution in [2.24, 2.45) is 0 Å². The lowest BCUT2D eigenvalue weighted by atomic mass is 9.91. The predicted molar refractivity (Wildman–Crippen MR) is 67.2 cm³/mol. The van der Waals surface area contributed by atoms with Crippen LogP contribution >= 0.6 is 0 Å². The summed E-state index contributed by atoms with van der Waals surface area (Å²) in [7, 11) is 0. The van der Waals surface area contributed by atoms with Crippen LogP contribution in [0.4, 0.5) is 18.0 Å². The molecule has 116 valence electrons. The molecule has 1 aliphatic carbocycles. The van der Waals surface area contributed by atoms with E-state index in [1.807, 2.05) is 0 Å². The van der Waals surface area contributed by atoms with Crippen LogP contribution in [0, 0.1) is 0 Å². The maximum atomic E-state index is 12.7. The average molecular weight is 294 g/mol. The van der Waals surface area contributed by atoms with Gasteiger partial charge in [-0.25, -0.2) is 4.79 Å². The zero-order valence-corrected chi connectivity index (χ0v) is 11.4. The quantitative estimate of drug-likeness (QED) is 0.780. The summed E-state index contributed by atoms with van der Waals surface area (Å²) in [5.74, 6) is 0. The minimum atomic E-state index is -4.63. The minimum Gasteiger partial charge on any atom is -0.380 e. The molecule has 7 heteroatoms. The van der Waals surface area contributed by atoms with E-state index in [1.165, 1.54) is 11.3 Å². The molecule has 0 unspecified atom stereocenters. The molecule has 0 aromatic heterocycles. The third-order valence-corrected chi connectivity index (χ3v) is 4.34. The highest BCUT2D eigenvalue weighted by Crippen LogP contribution is 2.38. The SMILES string of the molecule is O=C(NC1CCCCC1)N1CCC(O)(C(F)(F)F)CC1. The van der Waals surface area contributed by atoms with Crippen LogP contribution in [0.25, 0.3) is 0 Å². The van der Waals surface area contributed by atoms with Gasteiger partial charge in [-0.05, 0) is 12.8 Å². The maximum absolute atomic E-state index is 12.7. The smallest absolute Gasteiger partial charge is 0.380 e. The largest absolute Gasteiger partial charge is 0.417 e. The highest BCUT2D eigenvalue weighted by atomic mass is 19.4. The molecular formula is C13H21F3N2O2. The number of rotatable bonds is 1. The number of hydrogen-bond donors (Lipinski definition) is 2. The summed E-state index contributed by atoms with van der Waals surface area (Å²) >= 11 is 0. The molecule has 20 heavy (non-hydrogen) atoms. The molecule has 0 aromatic rings. The van der Waals surface area contributed by atoms with Gasteiger partial charge in [-0.3, -0.25) is 0 Å². The molecule has 0 bridgehead atoms. The zero-order valence-electron chi connectivity index (χ0n) is 11.4. The van der Waals surface area contributed by atoms with Gasteiger partial charge in [0.25, 0.3) is 0 Å². The normalized spacial score (nSPS) is 24.5. The Morgan fingerprint density at radius 1 is 1.15 bits per heavy atom. The van der Waals surface area contributed by atoms with E-state index in [1.54, 1.807) is 0 Å². The lowest BCUT2D eigenvalue weighted by molar-refractivity contribution is -0.271. The summed E-state index contributed by atoms with van der Waals surface area (Å²) in [4.78, 5) is 13.3. The number of halogens is 3. The molecule has 0 aromatic carbocycles. The van der Waals surface area contributed by atoms with Gasteiger partial charge in [-0.1, -0.05) is 19.3 Å². The van der Waals surface area contributed by atoms with E-state index in [4.69, 9.17) is 0 Å². The Morgan fingerprint density at radius 3 is 2.20 bits per heavy atom. The molecule has 0 spiro atoms. The van der Waals surface area contributed by atoms with Crippen LogP contribution in [-0.4, -0.2) is 46.9 Å². The monoisotopic (exact) mass is 294 g/mol. The van der Waals surface area contributed by atoms with Gasteiger partial charge in [-0.15, -0.1) is 0 Å². The second-order valence-electron chi connectivity index (χ2n) is 5.80. The van der Waals surface area contributed by atoms with Crippen molar-refractivity contribution in [3.05, 3.63) is 0 Å². The van der Waals surface area contributed by atoms with Crippen molar-refractivity contribution >= 4 is 6.03 Å². The van der Waals surface area contributed by atoms with Crippen molar-refractivity contribution in [3.63, 3.8) is 0 Å². The van der Waals surface area contributed by atoms with Gasteiger partial charge >= 0.3 is 12.2 Å². The Labute approximate surface area is 116 Å². The Hall–Kier alpha value is -0.980. The maximum Gasteiger partial charge on any atom is 0.417 e. The number of amides is 2. The molecule has 2 rings (SSSR count). The molecule has 0 atom stereocenters. The number of likely N-dealkylation sites (tertiary alicyclic amines) is 1. The number of alkyl halides is 3. The van der Waals surface area contributed by atoms with Gasteiger partial charge in [0.15, 0.2) is 5.60 Å². The standard InChI is InChI=1S/C13H21F3N2O2/c14-13(15,16)12(20)6-8-18(9-7-12)11(19)17-10-4-2-1-3-5-10/h10,20H,1-9H2,(H,17,19). The first-order valence-electron chi connectivity index (χ1n) is 7.16. The molecule has 4 nitrogen and oxygen atoms in total. The summed E-state index contributed by atoms with van der Waals surface area (Å²) in [6.07, 6.45) is -0.313. The van der Waals surface area contributed by atoms with Crippen molar-refractivity contribution < 1.29 is 23.1 Å². The fraction of sp³-hybridized carbons (Fsp3) is 0.923. The van der Waals surface area contributed by atoms with Crippen molar-refractivity contribution in [2.45, 2.75) is 62.8 Å². The van der Waals surface area contributed by atoms with E-state index >= 15 is 0 Å². The number of nitrogens with zero attached hydrogens (tertiary/aromatic N) is 1. The summed E-state index contributed by atoms with van der Waals surface area (Å²) in [5.41, 5.74) is -2.64. The van der Waals surface area contributed by atoms with Gasteiger partial charge < -0.3 is 15.3 Å². The van der Waals surface area contributed by atoms with Gasteiger partial charge in [0.1, 0.15) is 0 Å². The van der Waals surface area contributed by atoms with Crippen LogP contribution in [-0.2, 0) is 0 Å². The molecule has 0 radical (unpaired) electrons. The van der Waals surface area contributed by atoms with Crippen LogP contribution < -0.4 is 5.32 Å². The Balaban J connectivity index is 1.82. The van der Waals surface area contributed by atoms with Crippen molar-refractivity contribution in [3.8, 4) is 0 Å². The van der Waals surface area contributed by atoms with Crippen LogP contribution in [0.15, 0.2) is 0 Å². The molecule has 2 amide bonds. The van der Waals surface area contributed by atoms with Gasteiger partial charge in [0.05, 0.1) is 0 Å². The lowest BCUT2D eigenvalue weighted by Crippen LogP contribution is -2.56. The Kier molecular flexibility index (Phi) is 4.46. The molecule has 1 saturated heterocycles. The van der Waals surface area contributed by atoms with Gasteiger partial charge in [0, 0.05) is 32.0 Å². The fourth-order valence-electron chi connectivity index (χ4n) is 2.88. The number of urea groups is 1. The number of hydrogen-bond acceptors (Lipinski definition) is 2. The van der Waals surface area contributed by atoms with Crippen molar-refractivity contribution in [2.75, 3.05) is 13.1 Å². The van der Waals surface area contributed by atoms with E-state index in [0.717, 1.165) is 25.7 Å². The average Bonchev–Trinajstić information content (AvgIpc) is 2.39. The van der Waals surface area contributed by atoms with Crippen molar-refractivity contribution in [1.29, 1.82) is 0 Å². The molecule has 2 N–H and O–H groups in total. The second-order valence-corrected chi connectivity index (χ2v) is 5.80. The molecule has 2 aliphatic rings. The number of carbonyl (C=O) groups excluding carboxylic acids is 1. The third kappa shape index (κ3) is 3.37. The number of nitrogens with one attached hydrogen (secondary N) is 1. The predicted octanol–water partition coefficient (Wildman–Crippen LogP) is 2.42. The van der Waals surface area contributed by atoms with Gasteiger partial charge in [-0.2, -0.15) is 13.2 Å². The van der Waals surface area contributed by atoms with Crippen molar-refractivity contribution in [1.82, 2.24) is 10.2 Å². The number of aliphatic hydroxyl groups is 1. The van der Waals surface area contributed by atoms with Crippen LogP contribution in [0.5, 0.6) is 0 Å². The molecular weight excluding hydrogens is 273 g/mol. The van der Waals surface area contributed by atoms with Crippen LogP contribution in [0.3, 0.4) is 0 Å². The Bertz CT molecular complexity index is 346. The summed E-state index contributed by atoms with van der Waals surface area (Å²) in [6, 6.07) is -0.166. The first-order chi connectivity index (χ1) is 9.32. The number of piperidine rings is 1. The zero-order chi connectivity index (χ0) is 14.8. The van der Waals surface area contributed by atoms with E-state index in [0.29, 0.717) is 0 Å². The molecule has 2 fully saturated rings. The molecule has 1 heterocycles. The second kappa shape index (κ2) is 5.79. The topological polar surface area (TPSA) is 52.6 Å². The highest BCUT2D eigenvalue weighted by Gasteiger charge is 2.54. The highest BCUT2D eigenvalue weighted by molar-refractivity contribution is 5.74. The Morgan fingerprint density at radius 2 is 1.70 bits per heavy atom.